The van der Waals surface area contributed by atoms with Crippen LogP contribution in [0.2, 0.25) is 0 Å². The zero-order valence-corrected chi connectivity index (χ0v) is 13.8. The lowest BCUT2D eigenvalue weighted by Gasteiger charge is -2.07. The first-order valence-electron chi connectivity index (χ1n) is 6.97. The van der Waals surface area contributed by atoms with Crippen LogP contribution in [0.15, 0.2) is 36.4 Å². The molecule has 2 rings (SSSR count). The minimum atomic E-state index is -0.119. The number of carbonyl (C=O) groups excluding carboxylic acids is 2. The van der Waals surface area contributed by atoms with E-state index in [9.17, 15) is 9.59 Å². The second-order valence-corrected chi connectivity index (χ2v) is 5.63. The van der Waals surface area contributed by atoms with Crippen LogP contribution in [0.5, 0.6) is 0 Å². The highest BCUT2D eigenvalue weighted by atomic mass is 32.1. The molecule has 6 heteroatoms. The zero-order valence-electron chi connectivity index (χ0n) is 12.0. The molecule has 0 fully saturated rings. The third-order valence-electron chi connectivity index (χ3n) is 3.16. The Morgan fingerprint density at radius 1 is 0.773 bits per heavy atom. The summed E-state index contributed by atoms with van der Waals surface area (Å²) < 4.78 is 0. The largest absolute Gasteiger partial charge is 0.351 e. The van der Waals surface area contributed by atoms with Gasteiger partial charge in [-0.15, -0.1) is 0 Å². The van der Waals surface area contributed by atoms with Crippen LogP contribution in [0.4, 0.5) is 0 Å². The number of thiol groups is 2. The highest BCUT2D eigenvalue weighted by molar-refractivity contribution is 7.80. The Hall–Kier alpha value is -1.66. The fourth-order valence-corrected chi connectivity index (χ4v) is 2.29. The predicted molar refractivity (Wildman–Crippen MR) is 96.3 cm³/mol. The monoisotopic (exact) mass is 334 g/mol. The molecule has 0 saturated carbocycles. The average molecular weight is 334 g/mol. The molecule has 0 aliphatic heterocycles. The Morgan fingerprint density at radius 3 is 1.55 bits per heavy atom. The third kappa shape index (κ3) is 4.18. The smallest absolute Gasteiger partial charge is 0.251 e. The lowest BCUT2D eigenvalue weighted by atomic mass is 10.0. The van der Waals surface area contributed by atoms with E-state index in [2.05, 4.69) is 35.9 Å². The molecule has 0 bridgehead atoms. The predicted octanol–water partition coefficient (Wildman–Crippen LogP) is 2.16. The molecule has 2 aromatic rings. The summed E-state index contributed by atoms with van der Waals surface area (Å²) in [6, 6.07) is 10.8. The summed E-state index contributed by atoms with van der Waals surface area (Å²) in [7, 11) is 0. The molecule has 0 spiro atoms. The van der Waals surface area contributed by atoms with Crippen LogP contribution in [0.3, 0.4) is 0 Å². The van der Waals surface area contributed by atoms with Gasteiger partial charge in [0.15, 0.2) is 0 Å². The Balaban J connectivity index is 2.21. The van der Waals surface area contributed by atoms with Gasteiger partial charge in [-0.05, 0) is 35.0 Å². The maximum absolute atomic E-state index is 11.9. The van der Waals surface area contributed by atoms with Gasteiger partial charge in [-0.2, -0.15) is 25.3 Å². The van der Waals surface area contributed by atoms with Crippen LogP contribution in [-0.2, 0) is 0 Å². The molecule has 0 aliphatic rings. The maximum Gasteiger partial charge on any atom is 0.251 e. The minimum Gasteiger partial charge on any atom is -0.351 e. The van der Waals surface area contributed by atoms with Crippen molar-refractivity contribution in [1.82, 2.24) is 10.6 Å². The van der Waals surface area contributed by atoms with Crippen LogP contribution in [0, 0.1) is 0 Å². The molecule has 22 heavy (non-hydrogen) atoms. The van der Waals surface area contributed by atoms with Crippen LogP contribution >= 0.6 is 25.3 Å². The highest BCUT2D eigenvalue weighted by Crippen LogP contribution is 2.18. The van der Waals surface area contributed by atoms with Gasteiger partial charge >= 0.3 is 0 Å². The molecular formula is C16H18N2O2S2. The van der Waals surface area contributed by atoms with Gasteiger partial charge in [0.25, 0.3) is 11.8 Å². The van der Waals surface area contributed by atoms with Crippen LogP contribution in [0.1, 0.15) is 20.7 Å². The number of carbonyl (C=O) groups is 2. The van der Waals surface area contributed by atoms with Crippen LogP contribution < -0.4 is 10.6 Å². The summed E-state index contributed by atoms with van der Waals surface area (Å²) in [4.78, 5) is 23.8. The van der Waals surface area contributed by atoms with E-state index in [1.807, 2.05) is 24.3 Å². The third-order valence-corrected chi connectivity index (χ3v) is 3.61. The summed E-state index contributed by atoms with van der Waals surface area (Å²) in [6.07, 6.45) is 0. The van der Waals surface area contributed by atoms with Crippen molar-refractivity contribution in [3.8, 4) is 0 Å². The van der Waals surface area contributed by atoms with E-state index in [0.29, 0.717) is 35.7 Å². The molecule has 2 amide bonds. The summed E-state index contributed by atoms with van der Waals surface area (Å²) in [5.41, 5.74) is 1.20. The second kappa shape index (κ2) is 8.10. The number of fused-ring (bicyclic) bond motifs is 1. The van der Waals surface area contributed by atoms with Gasteiger partial charge in [-0.3, -0.25) is 9.59 Å². The molecule has 0 saturated heterocycles. The van der Waals surface area contributed by atoms with Crippen molar-refractivity contribution in [2.24, 2.45) is 0 Å². The Morgan fingerprint density at radius 2 is 1.18 bits per heavy atom. The molecule has 0 aliphatic carbocycles. The van der Waals surface area contributed by atoms with E-state index in [1.54, 1.807) is 12.1 Å². The van der Waals surface area contributed by atoms with Gasteiger partial charge in [0, 0.05) is 35.7 Å². The Labute approximate surface area is 140 Å². The van der Waals surface area contributed by atoms with Gasteiger partial charge in [0.2, 0.25) is 0 Å². The second-order valence-electron chi connectivity index (χ2n) is 4.74. The molecule has 0 heterocycles. The quantitative estimate of drug-likeness (QED) is 0.612. The molecule has 116 valence electrons. The first-order valence-corrected chi connectivity index (χ1v) is 8.24. The Kier molecular flexibility index (Phi) is 6.15. The fraction of sp³-hybridized carbons (Fsp3) is 0.250. The maximum atomic E-state index is 11.9. The van der Waals surface area contributed by atoms with Crippen molar-refractivity contribution in [1.29, 1.82) is 0 Å². The number of nitrogens with one attached hydrogen (secondary N) is 2. The van der Waals surface area contributed by atoms with Crippen LogP contribution in [-0.4, -0.2) is 36.4 Å². The van der Waals surface area contributed by atoms with Crippen molar-refractivity contribution in [2.75, 3.05) is 24.6 Å². The summed E-state index contributed by atoms with van der Waals surface area (Å²) in [5.74, 6) is 0.965. The SMILES string of the molecule is O=C(NCCS)c1ccc2cc(C(=O)NCCS)ccc2c1. The lowest BCUT2D eigenvalue weighted by Crippen LogP contribution is -2.25. The molecule has 4 nitrogen and oxygen atoms in total. The molecule has 0 unspecified atom stereocenters. The number of amides is 2. The summed E-state index contributed by atoms with van der Waals surface area (Å²) >= 11 is 8.13. The fourth-order valence-electron chi connectivity index (χ4n) is 2.07. The molecule has 2 N–H and O–H groups in total. The van der Waals surface area contributed by atoms with Crippen molar-refractivity contribution in [2.45, 2.75) is 0 Å². The number of benzene rings is 2. The van der Waals surface area contributed by atoms with Gasteiger partial charge in [0.05, 0.1) is 0 Å². The van der Waals surface area contributed by atoms with E-state index >= 15 is 0 Å². The molecule has 0 aromatic heterocycles. The molecule has 2 aromatic carbocycles. The summed E-state index contributed by atoms with van der Waals surface area (Å²) in [5, 5.41) is 7.40. The van der Waals surface area contributed by atoms with E-state index in [1.165, 1.54) is 0 Å². The normalized spacial score (nSPS) is 10.5. The molecular weight excluding hydrogens is 316 g/mol. The van der Waals surface area contributed by atoms with E-state index in [4.69, 9.17) is 0 Å². The first-order chi connectivity index (χ1) is 10.7. The van der Waals surface area contributed by atoms with Crippen LogP contribution in [0.25, 0.3) is 10.8 Å². The van der Waals surface area contributed by atoms with Gasteiger partial charge in [-0.25, -0.2) is 0 Å². The van der Waals surface area contributed by atoms with E-state index in [-0.39, 0.29) is 11.8 Å². The average Bonchev–Trinajstić information content (AvgIpc) is 2.56. The first kappa shape index (κ1) is 16.7. The number of hydrogen-bond donors (Lipinski definition) is 4. The standard InChI is InChI=1S/C16H18N2O2S2/c19-15(17-5-7-21)13-3-1-11-9-14(4-2-12(11)10-13)16(20)18-6-8-22/h1-4,9-10,21-22H,5-8H2,(H,17,19)(H,18,20). The van der Waals surface area contributed by atoms with Gasteiger partial charge in [0.1, 0.15) is 0 Å². The number of hydrogen-bond acceptors (Lipinski definition) is 4. The van der Waals surface area contributed by atoms with Gasteiger partial charge < -0.3 is 10.6 Å². The molecule has 0 radical (unpaired) electrons. The lowest BCUT2D eigenvalue weighted by molar-refractivity contribution is 0.0948. The topological polar surface area (TPSA) is 58.2 Å². The zero-order chi connectivity index (χ0) is 15.9. The van der Waals surface area contributed by atoms with Crippen molar-refractivity contribution >= 4 is 47.8 Å². The van der Waals surface area contributed by atoms with E-state index < -0.39 is 0 Å². The van der Waals surface area contributed by atoms with Crippen molar-refractivity contribution < 1.29 is 9.59 Å². The minimum absolute atomic E-state index is 0.119. The Bertz CT molecular complexity index is 630. The van der Waals surface area contributed by atoms with Crippen molar-refractivity contribution in [3.05, 3.63) is 47.5 Å². The highest BCUT2D eigenvalue weighted by Gasteiger charge is 2.08. The number of rotatable bonds is 6. The van der Waals surface area contributed by atoms with E-state index in [0.717, 1.165) is 10.8 Å². The summed E-state index contributed by atoms with van der Waals surface area (Å²) in [6.45, 7) is 1.06. The van der Waals surface area contributed by atoms with Gasteiger partial charge in [-0.1, -0.05) is 12.1 Å². The molecule has 0 atom stereocenters. The van der Waals surface area contributed by atoms with Crippen molar-refractivity contribution in [3.63, 3.8) is 0 Å².